The first-order chi connectivity index (χ1) is 9.52. The summed E-state index contributed by atoms with van der Waals surface area (Å²) in [5, 5.41) is 0. The van der Waals surface area contributed by atoms with Crippen molar-refractivity contribution in [1.29, 1.82) is 0 Å². The molecule has 0 spiro atoms. The van der Waals surface area contributed by atoms with Crippen molar-refractivity contribution in [1.82, 2.24) is 0 Å². The van der Waals surface area contributed by atoms with Gasteiger partial charge < -0.3 is 5.73 Å². The standard InChI is InChI=1S/C16H14N2O2/c1-9-5-3-8-13(10(9)2)18-15(19)11-6-4-7-12(17)14(11)16(18)20/h3-8H,17H2,1-2H3. The summed E-state index contributed by atoms with van der Waals surface area (Å²) in [4.78, 5) is 26.2. The van der Waals surface area contributed by atoms with Crippen LogP contribution in [0.25, 0.3) is 0 Å². The zero-order valence-corrected chi connectivity index (χ0v) is 11.3. The quantitative estimate of drug-likeness (QED) is 0.637. The molecule has 1 heterocycles. The molecule has 100 valence electrons. The lowest BCUT2D eigenvalue weighted by molar-refractivity contribution is 0.0926. The number of benzene rings is 2. The highest BCUT2D eigenvalue weighted by Gasteiger charge is 2.38. The molecule has 0 bridgehead atoms. The molecule has 2 aromatic rings. The van der Waals surface area contributed by atoms with Crippen molar-refractivity contribution in [3.05, 3.63) is 58.7 Å². The van der Waals surface area contributed by atoms with Crippen LogP contribution in [0.3, 0.4) is 0 Å². The number of nitrogens with two attached hydrogens (primary N) is 1. The maximum atomic E-state index is 12.5. The average Bonchev–Trinajstić information content (AvgIpc) is 2.67. The Hall–Kier alpha value is -2.62. The summed E-state index contributed by atoms with van der Waals surface area (Å²) in [6.07, 6.45) is 0. The van der Waals surface area contributed by atoms with Gasteiger partial charge in [-0.15, -0.1) is 0 Å². The fourth-order valence-corrected chi connectivity index (χ4v) is 2.51. The number of nitrogens with zero attached hydrogens (tertiary/aromatic N) is 1. The van der Waals surface area contributed by atoms with Gasteiger partial charge in [0.2, 0.25) is 0 Å². The van der Waals surface area contributed by atoms with Crippen molar-refractivity contribution in [3.8, 4) is 0 Å². The van der Waals surface area contributed by atoms with Gasteiger partial charge in [0.15, 0.2) is 0 Å². The van der Waals surface area contributed by atoms with E-state index in [4.69, 9.17) is 5.73 Å². The van der Waals surface area contributed by atoms with Crippen molar-refractivity contribution >= 4 is 23.2 Å². The zero-order chi connectivity index (χ0) is 14.4. The predicted octanol–water partition coefficient (Wildman–Crippen LogP) is 2.69. The predicted molar refractivity (Wildman–Crippen MR) is 77.9 cm³/mol. The van der Waals surface area contributed by atoms with Gasteiger partial charge in [0.25, 0.3) is 11.8 Å². The fourth-order valence-electron chi connectivity index (χ4n) is 2.51. The summed E-state index contributed by atoms with van der Waals surface area (Å²) in [5.41, 5.74) is 9.42. The zero-order valence-electron chi connectivity index (χ0n) is 11.3. The summed E-state index contributed by atoms with van der Waals surface area (Å²) in [6, 6.07) is 10.5. The number of aryl methyl sites for hydroxylation is 1. The van der Waals surface area contributed by atoms with Crippen LogP contribution in [0.5, 0.6) is 0 Å². The molecule has 0 aliphatic carbocycles. The Kier molecular flexibility index (Phi) is 2.61. The normalized spacial score (nSPS) is 13.8. The summed E-state index contributed by atoms with van der Waals surface area (Å²) >= 11 is 0. The molecule has 0 saturated heterocycles. The number of anilines is 2. The van der Waals surface area contributed by atoms with Gasteiger partial charge in [-0.3, -0.25) is 9.59 Å². The van der Waals surface area contributed by atoms with Crippen LogP contribution in [0.1, 0.15) is 31.8 Å². The number of hydrogen-bond donors (Lipinski definition) is 1. The van der Waals surface area contributed by atoms with E-state index in [2.05, 4.69) is 0 Å². The highest BCUT2D eigenvalue weighted by atomic mass is 16.2. The number of carbonyl (C=O) groups is 2. The monoisotopic (exact) mass is 266 g/mol. The van der Waals surface area contributed by atoms with Gasteiger partial charge in [-0.05, 0) is 43.2 Å². The molecule has 0 aromatic heterocycles. The molecule has 20 heavy (non-hydrogen) atoms. The molecular formula is C16H14N2O2. The minimum atomic E-state index is -0.350. The van der Waals surface area contributed by atoms with Gasteiger partial charge in [-0.1, -0.05) is 18.2 Å². The van der Waals surface area contributed by atoms with Crippen molar-refractivity contribution in [2.24, 2.45) is 0 Å². The first kappa shape index (κ1) is 12.4. The Morgan fingerprint density at radius 2 is 1.65 bits per heavy atom. The Bertz CT molecular complexity index is 750. The van der Waals surface area contributed by atoms with E-state index in [1.54, 1.807) is 24.3 Å². The molecule has 1 aliphatic heterocycles. The first-order valence-electron chi connectivity index (χ1n) is 6.36. The topological polar surface area (TPSA) is 63.4 Å². The second kappa shape index (κ2) is 4.20. The molecule has 2 aromatic carbocycles. The largest absolute Gasteiger partial charge is 0.398 e. The van der Waals surface area contributed by atoms with Crippen LogP contribution in [-0.4, -0.2) is 11.8 Å². The number of carbonyl (C=O) groups excluding carboxylic acids is 2. The molecule has 0 atom stereocenters. The minimum absolute atomic E-state index is 0.304. The number of amides is 2. The van der Waals surface area contributed by atoms with Crippen molar-refractivity contribution < 1.29 is 9.59 Å². The van der Waals surface area contributed by atoms with Gasteiger partial charge in [0.05, 0.1) is 16.8 Å². The van der Waals surface area contributed by atoms with Crippen molar-refractivity contribution in [3.63, 3.8) is 0 Å². The molecule has 2 amide bonds. The number of imide groups is 1. The lowest BCUT2D eigenvalue weighted by Gasteiger charge is -2.17. The number of nitrogen functional groups attached to an aromatic ring is 1. The molecule has 0 fully saturated rings. The maximum Gasteiger partial charge on any atom is 0.268 e. The second-order valence-corrected chi connectivity index (χ2v) is 4.93. The van der Waals surface area contributed by atoms with E-state index in [0.717, 1.165) is 11.1 Å². The van der Waals surface area contributed by atoms with Gasteiger partial charge in [-0.25, -0.2) is 4.90 Å². The van der Waals surface area contributed by atoms with E-state index in [0.29, 0.717) is 22.5 Å². The number of hydrogen-bond acceptors (Lipinski definition) is 3. The third-order valence-electron chi connectivity index (χ3n) is 3.76. The Balaban J connectivity index is 2.20. The summed E-state index contributed by atoms with van der Waals surface area (Å²) in [6.45, 7) is 3.85. The Morgan fingerprint density at radius 3 is 2.35 bits per heavy atom. The van der Waals surface area contributed by atoms with Crippen molar-refractivity contribution in [2.75, 3.05) is 10.6 Å². The molecule has 4 heteroatoms. The third-order valence-corrected chi connectivity index (χ3v) is 3.76. The van der Waals surface area contributed by atoms with Gasteiger partial charge >= 0.3 is 0 Å². The van der Waals surface area contributed by atoms with E-state index in [-0.39, 0.29) is 11.8 Å². The van der Waals surface area contributed by atoms with Crippen LogP contribution in [-0.2, 0) is 0 Å². The summed E-state index contributed by atoms with van der Waals surface area (Å²) < 4.78 is 0. The molecule has 2 N–H and O–H groups in total. The van der Waals surface area contributed by atoms with Crippen LogP contribution in [0.2, 0.25) is 0 Å². The van der Waals surface area contributed by atoms with Gasteiger partial charge in [0.1, 0.15) is 0 Å². The van der Waals surface area contributed by atoms with E-state index in [1.807, 2.05) is 26.0 Å². The van der Waals surface area contributed by atoms with E-state index in [9.17, 15) is 9.59 Å². The van der Waals surface area contributed by atoms with E-state index < -0.39 is 0 Å². The van der Waals surface area contributed by atoms with Crippen LogP contribution in [0.15, 0.2) is 36.4 Å². The van der Waals surface area contributed by atoms with Crippen LogP contribution >= 0.6 is 0 Å². The third kappa shape index (κ3) is 1.54. The van der Waals surface area contributed by atoms with E-state index in [1.165, 1.54) is 4.90 Å². The second-order valence-electron chi connectivity index (χ2n) is 4.93. The number of rotatable bonds is 1. The number of fused-ring (bicyclic) bond motifs is 1. The fraction of sp³-hybridized carbons (Fsp3) is 0.125. The van der Waals surface area contributed by atoms with Crippen molar-refractivity contribution in [2.45, 2.75) is 13.8 Å². The van der Waals surface area contributed by atoms with Gasteiger partial charge in [-0.2, -0.15) is 0 Å². The minimum Gasteiger partial charge on any atom is -0.398 e. The van der Waals surface area contributed by atoms with Crippen LogP contribution < -0.4 is 10.6 Å². The summed E-state index contributed by atoms with van der Waals surface area (Å²) in [5.74, 6) is -0.664. The van der Waals surface area contributed by atoms with Crippen LogP contribution in [0.4, 0.5) is 11.4 Å². The molecule has 1 aliphatic rings. The first-order valence-corrected chi connectivity index (χ1v) is 6.36. The molecule has 0 saturated carbocycles. The Morgan fingerprint density at radius 1 is 0.950 bits per heavy atom. The van der Waals surface area contributed by atoms with Gasteiger partial charge in [0, 0.05) is 5.69 Å². The van der Waals surface area contributed by atoms with Crippen LogP contribution in [0, 0.1) is 13.8 Å². The highest BCUT2D eigenvalue weighted by molar-refractivity contribution is 6.36. The lowest BCUT2D eigenvalue weighted by atomic mass is 10.1. The molecule has 3 rings (SSSR count). The average molecular weight is 266 g/mol. The van der Waals surface area contributed by atoms with E-state index >= 15 is 0 Å². The summed E-state index contributed by atoms with van der Waals surface area (Å²) in [7, 11) is 0. The Labute approximate surface area is 116 Å². The molecule has 0 unspecified atom stereocenters. The molecule has 0 radical (unpaired) electrons. The lowest BCUT2D eigenvalue weighted by Crippen LogP contribution is -2.30. The molecule has 4 nitrogen and oxygen atoms in total. The smallest absolute Gasteiger partial charge is 0.268 e. The maximum absolute atomic E-state index is 12.5. The molecular weight excluding hydrogens is 252 g/mol. The highest BCUT2D eigenvalue weighted by Crippen LogP contribution is 2.33. The SMILES string of the molecule is Cc1cccc(N2C(=O)c3cccc(N)c3C2=O)c1C.